The smallest absolute Gasteiger partial charge is 0.253 e. The van der Waals surface area contributed by atoms with Crippen LogP contribution >= 0.6 is 11.6 Å². The number of aromatic nitrogens is 4. The highest BCUT2D eigenvalue weighted by Gasteiger charge is 2.28. The van der Waals surface area contributed by atoms with Crippen LogP contribution in [0, 0.1) is 0 Å². The SMILES string of the molecule is CC(NC(=O)c1ccccc1Cl)C(=O)N1CCN(c2nnnn2-c2ccccc2)CC1. The summed E-state index contributed by atoms with van der Waals surface area (Å²) in [6, 6.07) is 15.7. The van der Waals surface area contributed by atoms with Crippen molar-refractivity contribution in [2.45, 2.75) is 13.0 Å². The summed E-state index contributed by atoms with van der Waals surface area (Å²) >= 11 is 6.07. The Balaban J connectivity index is 1.36. The second kappa shape index (κ2) is 9.13. The molecule has 3 aromatic rings. The molecule has 1 aliphatic heterocycles. The van der Waals surface area contributed by atoms with E-state index in [2.05, 4.69) is 20.8 Å². The Morgan fingerprint density at radius 1 is 1.00 bits per heavy atom. The molecule has 1 unspecified atom stereocenters. The predicted molar refractivity (Wildman–Crippen MR) is 116 cm³/mol. The Morgan fingerprint density at radius 2 is 1.68 bits per heavy atom. The molecule has 0 spiro atoms. The normalized spacial score (nSPS) is 14.9. The number of tetrazole rings is 1. The topological polar surface area (TPSA) is 96.2 Å². The van der Waals surface area contributed by atoms with Crippen molar-refractivity contribution in [3.63, 3.8) is 0 Å². The van der Waals surface area contributed by atoms with E-state index in [0.29, 0.717) is 42.7 Å². The van der Waals surface area contributed by atoms with E-state index in [4.69, 9.17) is 11.6 Å². The lowest BCUT2D eigenvalue weighted by Gasteiger charge is -2.36. The van der Waals surface area contributed by atoms with Gasteiger partial charge >= 0.3 is 0 Å². The average Bonchev–Trinajstić information content (AvgIpc) is 3.29. The molecule has 0 radical (unpaired) electrons. The van der Waals surface area contributed by atoms with Gasteiger partial charge in [-0.25, -0.2) is 0 Å². The minimum absolute atomic E-state index is 0.136. The largest absolute Gasteiger partial charge is 0.340 e. The lowest BCUT2D eigenvalue weighted by Crippen LogP contribution is -2.54. The summed E-state index contributed by atoms with van der Waals surface area (Å²) in [5, 5.41) is 15.1. The van der Waals surface area contributed by atoms with Crippen LogP contribution in [0.15, 0.2) is 54.6 Å². The molecule has 10 heteroatoms. The molecule has 1 fully saturated rings. The quantitative estimate of drug-likeness (QED) is 0.651. The fraction of sp³-hybridized carbons (Fsp3) is 0.286. The van der Waals surface area contributed by atoms with E-state index in [0.717, 1.165) is 5.69 Å². The number of nitrogens with zero attached hydrogens (tertiary/aromatic N) is 6. The highest BCUT2D eigenvalue weighted by molar-refractivity contribution is 6.33. The molecule has 1 aliphatic rings. The summed E-state index contributed by atoms with van der Waals surface area (Å²) in [4.78, 5) is 29.1. The van der Waals surface area contributed by atoms with E-state index >= 15 is 0 Å². The molecule has 0 bridgehead atoms. The Kier molecular flexibility index (Phi) is 6.13. The lowest BCUT2D eigenvalue weighted by molar-refractivity contribution is -0.133. The van der Waals surface area contributed by atoms with Crippen molar-refractivity contribution < 1.29 is 9.59 Å². The van der Waals surface area contributed by atoms with Gasteiger partial charge in [0, 0.05) is 26.2 Å². The van der Waals surface area contributed by atoms with Crippen molar-refractivity contribution in [3.8, 4) is 5.69 Å². The zero-order chi connectivity index (χ0) is 21.8. The minimum Gasteiger partial charge on any atom is -0.340 e. The molecule has 1 saturated heterocycles. The third-order valence-corrected chi connectivity index (χ3v) is 5.49. The summed E-state index contributed by atoms with van der Waals surface area (Å²) in [5.74, 6) is 0.133. The van der Waals surface area contributed by atoms with E-state index in [1.54, 1.807) is 40.8 Å². The Hall–Kier alpha value is -3.46. The first-order valence-corrected chi connectivity index (χ1v) is 10.4. The molecule has 1 aromatic heterocycles. The fourth-order valence-electron chi connectivity index (χ4n) is 3.50. The van der Waals surface area contributed by atoms with Gasteiger partial charge in [0.1, 0.15) is 6.04 Å². The van der Waals surface area contributed by atoms with Crippen LogP contribution < -0.4 is 10.2 Å². The molecule has 2 amide bonds. The molecule has 0 saturated carbocycles. The van der Waals surface area contributed by atoms with Gasteiger partial charge in [0.2, 0.25) is 11.9 Å². The molecule has 9 nitrogen and oxygen atoms in total. The number of anilines is 1. The first kappa shape index (κ1) is 20.8. The average molecular weight is 440 g/mol. The van der Waals surface area contributed by atoms with Gasteiger partial charge in [0.25, 0.3) is 5.91 Å². The molecule has 0 aliphatic carbocycles. The van der Waals surface area contributed by atoms with E-state index in [1.807, 2.05) is 35.2 Å². The van der Waals surface area contributed by atoms with Gasteiger partial charge < -0.3 is 15.1 Å². The number of halogens is 1. The second-order valence-electron chi connectivity index (χ2n) is 7.21. The van der Waals surface area contributed by atoms with Crippen LogP contribution in [0.3, 0.4) is 0 Å². The van der Waals surface area contributed by atoms with Crippen molar-refractivity contribution in [2.75, 3.05) is 31.1 Å². The molecule has 160 valence electrons. The first-order valence-electron chi connectivity index (χ1n) is 9.97. The number of rotatable bonds is 5. The summed E-state index contributed by atoms with van der Waals surface area (Å²) in [7, 11) is 0. The summed E-state index contributed by atoms with van der Waals surface area (Å²) < 4.78 is 1.68. The third-order valence-electron chi connectivity index (χ3n) is 5.16. The van der Waals surface area contributed by atoms with Crippen LogP contribution in [0.2, 0.25) is 5.02 Å². The number of piperazine rings is 1. The van der Waals surface area contributed by atoms with E-state index in [1.165, 1.54) is 0 Å². The Labute approximate surface area is 184 Å². The predicted octanol–water partition coefficient (Wildman–Crippen LogP) is 1.78. The summed E-state index contributed by atoms with van der Waals surface area (Å²) in [6.45, 7) is 3.87. The van der Waals surface area contributed by atoms with Gasteiger partial charge in [-0.2, -0.15) is 4.68 Å². The minimum atomic E-state index is -0.662. The molecule has 1 atom stereocenters. The maximum atomic E-state index is 12.8. The second-order valence-corrected chi connectivity index (χ2v) is 7.62. The van der Waals surface area contributed by atoms with Crippen LogP contribution in [-0.4, -0.2) is 69.1 Å². The van der Waals surface area contributed by atoms with Crippen LogP contribution in [-0.2, 0) is 4.79 Å². The standard InChI is InChI=1S/C21H22ClN7O2/c1-15(23-19(30)17-9-5-6-10-18(17)22)20(31)27-11-13-28(14-12-27)21-24-25-26-29(21)16-7-3-2-4-8-16/h2-10,15H,11-14H2,1H3,(H,23,30). The third kappa shape index (κ3) is 4.51. The monoisotopic (exact) mass is 439 g/mol. The van der Waals surface area contributed by atoms with Gasteiger partial charge in [0.15, 0.2) is 0 Å². The number of carbonyl (C=O) groups is 2. The molecule has 2 heterocycles. The number of nitrogens with one attached hydrogen (secondary N) is 1. The van der Waals surface area contributed by atoms with E-state index in [9.17, 15) is 9.59 Å². The first-order chi connectivity index (χ1) is 15.0. The number of carbonyl (C=O) groups excluding carboxylic acids is 2. The number of hydrogen-bond acceptors (Lipinski definition) is 6. The highest BCUT2D eigenvalue weighted by Crippen LogP contribution is 2.18. The number of amides is 2. The van der Waals surface area contributed by atoms with Gasteiger partial charge in [-0.3, -0.25) is 9.59 Å². The molecule has 2 aromatic carbocycles. The maximum absolute atomic E-state index is 12.8. The fourth-order valence-corrected chi connectivity index (χ4v) is 3.72. The molecular weight excluding hydrogens is 418 g/mol. The van der Waals surface area contributed by atoms with Crippen molar-refractivity contribution in [3.05, 3.63) is 65.2 Å². The maximum Gasteiger partial charge on any atom is 0.253 e. The number of para-hydroxylation sites is 1. The molecular formula is C21H22ClN7O2. The van der Waals surface area contributed by atoms with Crippen molar-refractivity contribution >= 4 is 29.4 Å². The Morgan fingerprint density at radius 3 is 2.39 bits per heavy atom. The lowest BCUT2D eigenvalue weighted by atomic mass is 10.2. The molecule has 31 heavy (non-hydrogen) atoms. The van der Waals surface area contributed by atoms with Crippen LogP contribution in [0.25, 0.3) is 5.69 Å². The number of hydrogen-bond donors (Lipinski definition) is 1. The highest BCUT2D eigenvalue weighted by atomic mass is 35.5. The zero-order valence-corrected chi connectivity index (χ0v) is 17.7. The van der Waals surface area contributed by atoms with Gasteiger partial charge in [-0.05, 0) is 41.6 Å². The summed E-state index contributed by atoms with van der Waals surface area (Å²) in [6.07, 6.45) is 0. The van der Waals surface area contributed by atoms with Crippen LogP contribution in [0.5, 0.6) is 0 Å². The van der Waals surface area contributed by atoms with Gasteiger partial charge in [-0.15, -0.1) is 0 Å². The zero-order valence-electron chi connectivity index (χ0n) is 17.0. The van der Waals surface area contributed by atoms with Crippen molar-refractivity contribution in [2.24, 2.45) is 0 Å². The van der Waals surface area contributed by atoms with Crippen LogP contribution in [0.1, 0.15) is 17.3 Å². The molecule has 1 N–H and O–H groups in total. The summed E-state index contributed by atoms with van der Waals surface area (Å²) in [5.41, 5.74) is 1.22. The molecule has 4 rings (SSSR count). The Bertz CT molecular complexity index is 1060. The van der Waals surface area contributed by atoms with Crippen molar-refractivity contribution in [1.29, 1.82) is 0 Å². The van der Waals surface area contributed by atoms with Gasteiger partial charge in [0.05, 0.1) is 16.3 Å². The van der Waals surface area contributed by atoms with Gasteiger partial charge in [-0.1, -0.05) is 47.0 Å². The van der Waals surface area contributed by atoms with E-state index < -0.39 is 6.04 Å². The van der Waals surface area contributed by atoms with Crippen molar-refractivity contribution in [1.82, 2.24) is 30.4 Å². The van der Waals surface area contributed by atoms with Crippen LogP contribution in [0.4, 0.5) is 5.95 Å². The number of benzene rings is 2. The van der Waals surface area contributed by atoms with E-state index in [-0.39, 0.29) is 11.8 Å².